The highest BCUT2D eigenvalue weighted by atomic mass is 32.2. The van der Waals surface area contributed by atoms with Crippen LogP contribution in [0.25, 0.3) is 0 Å². The molecule has 10 nitrogen and oxygen atoms in total. The highest BCUT2D eigenvalue weighted by Crippen LogP contribution is 2.40. The van der Waals surface area contributed by atoms with Gasteiger partial charge in [-0.25, -0.2) is 4.39 Å². The predicted octanol–water partition coefficient (Wildman–Crippen LogP) is 0.0962. The molecule has 1 saturated heterocycles. The van der Waals surface area contributed by atoms with Crippen LogP contribution in [0.2, 0.25) is 0 Å². The third-order valence-electron chi connectivity index (χ3n) is 4.38. The third-order valence-corrected chi connectivity index (χ3v) is 5.52. The van der Waals surface area contributed by atoms with Crippen LogP contribution in [-0.4, -0.2) is 83.8 Å². The quantitative estimate of drug-likeness (QED) is 0.365. The number of esters is 3. The van der Waals surface area contributed by atoms with E-state index < -0.39 is 72.5 Å². The number of carbonyl (C=O) groups excluding carboxylic acids is 4. The maximum Gasteiger partial charge on any atom is 0.303 e. The molecule has 0 aromatic carbocycles. The normalized spacial score (nSPS) is 28.0. The molecule has 1 aliphatic rings. The third kappa shape index (κ3) is 7.10. The van der Waals surface area contributed by atoms with Gasteiger partial charge in [0.05, 0.1) is 12.6 Å². The Balaban J connectivity index is 3.51. The number of hydrogen-bond acceptors (Lipinski definition) is 10. The number of halogens is 1. The summed E-state index contributed by atoms with van der Waals surface area (Å²) in [5.41, 5.74) is 0. The van der Waals surface area contributed by atoms with E-state index in [1.807, 2.05) is 0 Å². The van der Waals surface area contributed by atoms with Crippen molar-refractivity contribution in [3.8, 4) is 0 Å². The second-order valence-electron chi connectivity index (χ2n) is 6.81. The van der Waals surface area contributed by atoms with Gasteiger partial charge in [-0.05, 0) is 6.26 Å². The predicted molar refractivity (Wildman–Crippen MR) is 103 cm³/mol. The smallest absolute Gasteiger partial charge is 0.303 e. The van der Waals surface area contributed by atoms with E-state index in [-0.39, 0.29) is 6.42 Å². The van der Waals surface area contributed by atoms with Crippen LogP contribution in [0.4, 0.5) is 4.39 Å². The lowest BCUT2D eigenvalue weighted by Gasteiger charge is -2.49. The minimum Gasteiger partial charge on any atom is -0.460 e. The van der Waals surface area contributed by atoms with Crippen molar-refractivity contribution >= 4 is 35.6 Å². The van der Waals surface area contributed by atoms with Crippen molar-refractivity contribution in [1.29, 1.82) is 0 Å². The van der Waals surface area contributed by atoms with Crippen LogP contribution in [0.15, 0.2) is 0 Å². The van der Waals surface area contributed by atoms with Crippen molar-refractivity contribution in [1.82, 2.24) is 5.32 Å². The van der Waals surface area contributed by atoms with Crippen molar-refractivity contribution in [2.75, 3.05) is 19.5 Å². The summed E-state index contributed by atoms with van der Waals surface area (Å²) in [6.45, 7) is 2.78. The molecular weight excluding hydrogens is 425 g/mol. The summed E-state index contributed by atoms with van der Waals surface area (Å²) >= 11 is 1.10. The van der Waals surface area contributed by atoms with E-state index in [0.29, 0.717) is 0 Å². The van der Waals surface area contributed by atoms with Gasteiger partial charge in [0.2, 0.25) is 5.91 Å². The summed E-state index contributed by atoms with van der Waals surface area (Å²) in [5, 5.41) is 12.5. The van der Waals surface area contributed by atoms with Crippen molar-refractivity contribution in [3.63, 3.8) is 0 Å². The number of thioether (sulfide) groups is 1. The first-order valence-electron chi connectivity index (χ1n) is 9.17. The molecule has 30 heavy (non-hydrogen) atoms. The van der Waals surface area contributed by atoms with E-state index in [1.165, 1.54) is 13.8 Å². The molecule has 2 N–H and O–H groups in total. The van der Waals surface area contributed by atoms with Crippen molar-refractivity contribution in [2.45, 2.75) is 69.5 Å². The first kappa shape index (κ1) is 26.1. The number of carbonyl (C=O) groups is 4. The molecule has 0 aliphatic carbocycles. The van der Waals surface area contributed by atoms with Gasteiger partial charge in [0, 0.05) is 34.1 Å². The standard InChI is InChI=1S/C18H28FNO9S/c1-9(22)20-15-13(26-10(2)23)6-18(8-21,30-5)29-17(15)16(28-12(4)25)14(7-19)27-11(3)24/h13-17,21H,6-8H2,1-5H3,(H,20,22)/t13-,14+,15+,16+,17+,18-/m0/s1. The molecule has 172 valence electrons. The Morgan fingerprint density at radius 3 is 2.17 bits per heavy atom. The van der Waals surface area contributed by atoms with Crippen LogP contribution in [-0.2, 0) is 38.1 Å². The number of ether oxygens (including phenoxy) is 4. The van der Waals surface area contributed by atoms with Crippen LogP contribution in [0.3, 0.4) is 0 Å². The van der Waals surface area contributed by atoms with E-state index in [4.69, 9.17) is 18.9 Å². The van der Waals surface area contributed by atoms with Gasteiger partial charge in [-0.1, -0.05) is 0 Å². The van der Waals surface area contributed by atoms with Gasteiger partial charge in [0.1, 0.15) is 23.8 Å². The molecule has 6 atom stereocenters. The fourth-order valence-electron chi connectivity index (χ4n) is 3.27. The van der Waals surface area contributed by atoms with Gasteiger partial charge in [0.15, 0.2) is 12.2 Å². The van der Waals surface area contributed by atoms with Crippen LogP contribution in [0.5, 0.6) is 0 Å². The summed E-state index contributed by atoms with van der Waals surface area (Å²) in [6, 6.07) is -1.08. The molecule has 1 heterocycles. The molecular formula is C18H28FNO9S. The maximum atomic E-state index is 13.8. The molecule has 0 bridgehead atoms. The van der Waals surface area contributed by atoms with Gasteiger partial charge < -0.3 is 29.4 Å². The van der Waals surface area contributed by atoms with Gasteiger partial charge in [-0.15, -0.1) is 11.8 Å². The molecule has 12 heteroatoms. The minimum absolute atomic E-state index is 0.00760. The molecule has 0 saturated carbocycles. The molecule has 0 radical (unpaired) electrons. The lowest BCUT2D eigenvalue weighted by Crippen LogP contribution is -2.67. The lowest BCUT2D eigenvalue weighted by atomic mass is 9.89. The van der Waals surface area contributed by atoms with Crippen molar-refractivity contribution in [3.05, 3.63) is 0 Å². The first-order valence-corrected chi connectivity index (χ1v) is 10.4. The molecule has 1 aliphatic heterocycles. The fraction of sp³-hybridized carbons (Fsp3) is 0.778. The van der Waals surface area contributed by atoms with E-state index in [9.17, 15) is 28.7 Å². The van der Waals surface area contributed by atoms with Crippen molar-refractivity contribution < 1.29 is 47.6 Å². The number of aliphatic hydroxyl groups excluding tert-OH is 1. The molecule has 1 rings (SSSR count). The summed E-state index contributed by atoms with van der Waals surface area (Å²) in [6.07, 6.45) is -3.73. The Bertz CT molecular complexity index is 643. The van der Waals surface area contributed by atoms with E-state index in [1.54, 1.807) is 6.26 Å². The second-order valence-corrected chi connectivity index (χ2v) is 7.96. The summed E-state index contributed by atoms with van der Waals surface area (Å²) < 4.78 is 35.3. The number of nitrogens with one attached hydrogen (secondary N) is 1. The van der Waals surface area contributed by atoms with Gasteiger partial charge in [0.25, 0.3) is 0 Å². The minimum atomic E-state index is -1.55. The number of aliphatic hydroxyl groups is 1. The highest BCUT2D eigenvalue weighted by Gasteiger charge is 2.54. The fourth-order valence-corrected chi connectivity index (χ4v) is 3.93. The van der Waals surface area contributed by atoms with E-state index >= 15 is 0 Å². The lowest BCUT2D eigenvalue weighted by molar-refractivity contribution is -0.220. The summed E-state index contributed by atoms with van der Waals surface area (Å²) in [7, 11) is 0. The average Bonchev–Trinajstić information content (AvgIpc) is 2.64. The Morgan fingerprint density at radius 2 is 1.77 bits per heavy atom. The Morgan fingerprint density at radius 1 is 1.17 bits per heavy atom. The van der Waals surface area contributed by atoms with Gasteiger partial charge in [-0.3, -0.25) is 19.2 Å². The maximum absolute atomic E-state index is 13.8. The molecule has 0 aromatic heterocycles. The Hall–Kier alpha value is -1.92. The topological polar surface area (TPSA) is 137 Å². The number of hydrogen-bond donors (Lipinski definition) is 2. The SMILES string of the molecule is CS[C@]1(CO)C[C@H](OC(C)=O)[C@@H](NC(C)=O)[C@H]([C@H](OC(C)=O)[C@@H](CF)OC(C)=O)O1. The summed E-state index contributed by atoms with van der Waals surface area (Å²) in [4.78, 5) is 45.3. The molecule has 0 spiro atoms. The van der Waals surface area contributed by atoms with Crippen LogP contribution >= 0.6 is 11.8 Å². The van der Waals surface area contributed by atoms with E-state index in [0.717, 1.165) is 25.6 Å². The first-order chi connectivity index (χ1) is 14.0. The largest absolute Gasteiger partial charge is 0.460 e. The number of amides is 1. The van der Waals surface area contributed by atoms with Crippen LogP contribution in [0, 0.1) is 0 Å². The number of alkyl halides is 1. The Labute approximate surface area is 178 Å². The van der Waals surface area contributed by atoms with Gasteiger partial charge >= 0.3 is 17.9 Å². The highest BCUT2D eigenvalue weighted by molar-refractivity contribution is 7.99. The van der Waals surface area contributed by atoms with Crippen LogP contribution in [0.1, 0.15) is 34.1 Å². The molecule has 1 fully saturated rings. The number of rotatable bonds is 9. The summed E-state index contributed by atoms with van der Waals surface area (Å²) in [5.74, 6) is -2.81. The van der Waals surface area contributed by atoms with Gasteiger partial charge in [-0.2, -0.15) is 0 Å². The second kappa shape index (κ2) is 11.5. The van der Waals surface area contributed by atoms with E-state index in [2.05, 4.69) is 5.32 Å². The molecule has 1 amide bonds. The molecule has 0 aromatic rings. The average molecular weight is 453 g/mol. The van der Waals surface area contributed by atoms with Crippen molar-refractivity contribution in [2.24, 2.45) is 0 Å². The molecule has 0 unspecified atom stereocenters. The van der Waals surface area contributed by atoms with Crippen LogP contribution < -0.4 is 5.32 Å². The zero-order valence-corrected chi connectivity index (χ0v) is 18.3. The zero-order chi connectivity index (χ0) is 23.1. The Kier molecular flexibility index (Phi) is 9.98. The monoisotopic (exact) mass is 453 g/mol. The zero-order valence-electron chi connectivity index (χ0n) is 17.5.